The fourth-order valence-electron chi connectivity index (χ4n) is 1.49. The standard InChI is InChI=1S/C14H12Br2OS/c1-9(17)10-2-7-14(13(16)8-10)18-12-5-3-11(15)4-6-12/h2-9,17H,1H3/t9-/m0/s1. The van der Waals surface area contributed by atoms with Crippen molar-refractivity contribution in [2.75, 3.05) is 0 Å². The molecule has 0 aliphatic rings. The van der Waals surface area contributed by atoms with E-state index in [9.17, 15) is 5.11 Å². The summed E-state index contributed by atoms with van der Waals surface area (Å²) in [6.07, 6.45) is -0.437. The van der Waals surface area contributed by atoms with Gasteiger partial charge in [-0.15, -0.1) is 0 Å². The van der Waals surface area contributed by atoms with E-state index in [1.165, 1.54) is 4.90 Å². The van der Waals surface area contributed by atoms with Crippen molar-refractivity contribution in [3.05, 3.63) is 57.0 Å². The molecule has 0 aromatic heterocycles. The summed E-state index contributed by atoms with van der Waals surface area (Å²) in [4.78, 5) is 2.32. The highest BCUT2D eigenvalue weighted by molar-refractivity contribution is 9.10. The molecule has 0 amide bonds. The predicted octanol–water partition coefficient (Wildman–Crippen LogP) is 5.42. The van der Waals surface area contributed by atoms with Gasteiger partial charge in [-0.05, 0) is 64.8 Å². The Labute approximate surface area is 128 Å². The molecule has 4 heteroatoms. The summed E-state index contributed by atoms with van der Waals surface area (Å²) < 4.78 is 2.09. The van der Waals surface area contributed by atoms with Gasteiger partial charge in [0.2, 0.25) is 0 Å². The lowest BCUT2D eigenvalue weighted by molar-refractivity contribution is 0.199. The normalized spacial score (nSPS) is 12.4. The van der Waals surface area contributed by atoms with Gasteiger partial charge in [-0.25, -0.2) is 0 Å². The molecule has 1 N–H and O–H groups in total. The average molecular weight is 388 g/mol. The minimum atomic E-state index is -0.437. The summed E-state index contributed by atoms with van der Waals surface area (Å²) in [6, 6.07) is 14.1. The van der Waals surface area contributed by atoms with Crippen molar-refractivity contribution in [2.45, 2.75) is 22.8 Å². The molecular formula is C14H12Br2OS. The van der Waals surface area contributed by atoms with Crippen molar-refractivity contribution in [3.63, 3.8) is 0 Å². The van der Waals surface area contributed by atoms with E-state index >= 15 is 0 Å². The Balaban J connectivity index is 2.22. The van der Waals surface area contributed by atoms with Crippen LogP contribution in [-0.4, -0.2) is 5.11 Å². The first-order valence-corrected chi connectivity index (χ1v) is 7.87. The summed E-state index contributed by atoms with van der Waals surface area (Å²) in [7, 11) is 0. The van der Waals surface area contributed by atoms with Crippen LogP contribution in [0.25, 0.3) is 0 Å². The Morgan fingerprint density at radius 2 is 1.72 bits per heavy atom. The summed E-state index contributed by atoms with van der Waals surface area (Å²) in [5.41, 5.74) is 0.919. The molecular weight excluding hydrogens is 376 g/mol. The van der Waals surface area contributed by atoms with E-state index in [2.05, 4.69) is 44.0 Å². The number of aliphatic hydroxyl groups excluding tert-OH is 1. The zero-order chi connectivity index (χ0) is 13.1. The number of halogens is 2. The van der Waals surface area contributed by atoms with Crippen LogP contribution in [0.2, 0.25) is 0 Å². The van der Waals surface area contributed by atoms with E-state index in [0.29, 0.717) is 0 Å². The van der Waals surface area contributed by atoms with Gasteiger partial charge in [0.15, 0.2) is 0 Å². The minimum absolute atomic E-state index is 0.437. The van der Waals surface area contributed by atoms with Gasteiger partial charge < -0.3 is 5.11 Å². The molecule has 0 spiro atoms. The molecule has 0 fully saturated rings. The molecule has 1 atom stereocenters. The van der Waals surface area contributed by atoms with E-state index in [1.54, 1.807) is 18.7 Å². The van der Waals surface area contributed by atoms with Crippen LogP contribution in [0.3, 0.4) is 0 Å². The van der Waals surface area contributed by atoms with Crippen LogP contribution in [0.15, 0.2) is 61.2 Å². The van der Waals surface area contributed by atoms with Gasteiger partial charge in [-0.1, -0.05) is 33.8 Å². The molecule has 0 saturated carbocycles. The molecule has 0 unspecified atom stereocenters. The second kappa shape index (κ2) is 6.24. The number of benzene rings is 2. The molecule has 94 valence electrons. The second-order valence-corrected chi connectivity index (χ2v) is 6.81. The smallest absolute Gasteiger partial charge is 0.0762 e. The Morgan fingerprint density at radius 1 is 1.06 bits per heavy atom. The third kappa shape index (κ3) is 3.60. The Bertz CT molecular complexity index is 538. The SMILES string of the molecule is C[C@H](O)c1ccc(Sc2ccc(Br)cc2)c(Br)c1. The molecule has 0 heterocycles. The van der Waals surface area contributed by atoms with Gasteiger partial charge in [0, 0.05) is 18.7 Å². The molecule has 0 radical (unpaired) electrons. The molecule has 0 saturated heterocycles. The van der Waals surface area contributed by atoms with Crippen molar-refractivity contribution >= 4 is 43.6 Å². The molecule has 1 nitrogen and oxygen atoms in total. The van der Waals surface area contributed by atoms with Crippen LogP contribution in [0.4, 0.5) is 0 Å². The predicted molar refractivity (Wildman–Crippen MR) is 83.0 cm³/mol. The number of aliphatic hydroxyl groups is 1. The second-order valence-electron chi connectivity index (χ2n) is 3.92. The van der Waals surface area contributed by atoms with Crippen molar-refractivity contribution < 1.29 is 5.11 Å². The molecule has 2 aromatic rings. The molecule has 18 heavy (non-hydrogen) atoms. The van der Waals surface area contributed by atoms with E-state index < -0.39 is 6.10 Å². The van der Waals surface area contributed by atoms with Crippen LogP contribution in [0.1, 0.15) is 18.6 Å². The Morgan fingerprint density at radius 3 is 2.28 bits per heavy atom. The molecule has 2 aromatic carbocycles. The lowest BCUT2D eigenvalue weighted by Gasteiger charge is -2.09. The Hall–Kier alpha value is -0.290. The average Bonchev–Trinajstić information content (AvgIpc) is 2.34. The van der Waals surface area contributed by atoms with Gasteiger partial charge in [0.1, 0.15) is 0 Å². The van der Waals surface area contributed by atoms with E-state index in [4.69, 9.17) is 0 Å². The van der Waals surface area contributed by atoms with Crippen molar-refractivity contribution in [1.82, 2.24) is 0 Å². The maximum absolute atomic E-state index is 9.53. The monoisotopic (exact) mass is 386 g/mol. The van der Waals surface area contributed by atoms with Crippen molar-refractivity contribution in [2.24, 2.45) is 0 Å². The van der Waals surface area contributed by atoms with Crippen LogP contribution in [0, 0.1) is 0 Å². The fourth-order valence-corrected chi connectivity index (χ4v) is 3.21. The quantitative estimate of drug-likeness (QED) is 0.758. The van der Waals surface area contributed by atoms with Crippen molar-refractivity contribution in [1.29, 1.82) is 0 Å². The van der Waals surface area contributed by atoms with Crippen LogP contribution < -0.4 is 0 Å². The number of hydrogen-bond acceptors (Lipinski definition) is 2. The van der Waals surface area contributed by atoms with Crippen LogP contribution in [-0.2, 0) is 0 Å². The third-order valence-corrected chi connectivity index (χ3v) is 5.01. The number of rotatable bonds is 3. The Kier molecular flexibility index (Phi) is 4.90. The molecule has 0 aliphatic heterocycles. The first kappa shape index (κ1) is 14.1. The van der Waals surface area contributed by atoms with E-state index in [0.717, 1.165) is 19.4 Å². The van der Waals surface area contributed by atoms with E-state index in [-0.39, 0.29) is 0 Å². The van der Waals surface area contributed by atoms with Gasteiger partial charge in [0.05, 0.1) is 6.10 Å². The largest absolute Gasteiger partial charge is 0.389 e. The third-order valence-electron chi connectivity index (χ3n) is 2.48. The fraction of sp³-hybridized carbons (Fsp3) is 0.143. The lowest BCUT2D eigenvalue weighted by Crippen LogP contribution is -1.90. The maximum Gasteiger partial charge on any atom is 0.0762 e. The topological polar surface area (TPSA) is 20.2 Å². The summed E-state index contributed by atoms with van der Waals surface area (Å²) in [5, 5.41) is 9.53. The number of hydrogen-bond donors (Lipinski definition) is 1. The van der Waals surface area contributed by atoms with Gasteiger partial charge in [-0.3, -0.25) is 0 Å². The first-order chi connectivity index (χ1) is 8.56. The zero-order valence-corrected chi connectivity index (χ0v) is 13.7. The minimum Gasteiger partial charge on any atom is -0.389 e. The maximum atomic E-state index is 9.53. The first-order valence-electron chi connectivity index (χ1n) is 5.47. The summed E-state index contributed by atoms with van der Waals surface area (Å²) in [5.74, 6) is 0. The van der Waals surface area contributed by atoms with E-state index in [1.807, 2.05) is 30.3 Å². The highest BCUT2D eigenvalue weighted by atomic mass is 79.9. The van der Waals surface area contributed by atoms with Crippen LogP contribution in [0.5, 0.6) is 0 Å². The summed E-state index contributed by atoms with van der Waals surface area (Å²) >= 11 is 8.66. The van der Waals surface area contributed by atoms with Gasteiger partial charge in [-0.2, -0.15) is 0 Å². The highest BCUT2D eigenvalue weighted by Crippen LogP contribution is 2.35. The molecule has 0 aliphatic carbocycles. The van der Waals surface area contributed by atoms with Crippen molar-refractivity contribution in [3.8, 4) is 0 Å². The van der Waals surface area contributed by atoms with Crippen LogP contribution >= 0.6 is 43.6 Å². The highest BCUT2D eigenvalue weighted by Gasteiger charge is 2.06. The summed E-state index contributed by atoms with van der Waals surface area (Å²) in [6.45, 7) is 1.77. The lowest BCUT2D eigenvalue weighted by atomic mass is 10.1. The molecule has 2 rings (SSSR count). The van der Waals surface area contributed by atoms with Gasteiger partial charge in [0.25, 0.3) is 0 Å². The zero-order valence-electron chi connectivity index (χ0n) is 9.73. The molecule has 0 bridgehead atoms. The van der Waals surface area contributed by atoms with Gasteiger partial charge >= 0.3 is 0 Å².